The molecule has 14 heteroatoms. The van der Waals surface area contributed by atoms with Gasteiger partial charge in [-0.25, -0.2) is 20.2 Å². The first kappa shape index (κ1) is 11.2. The van der Waals surface area contributed by atoms with Crippen LogP contribution in [0.2, 0.25) is 0 Å². The highest BCUT2D eigenvalue weighted by atomic mass is 16.7. The van der Waals surface area contributed by atoms with E-state index in [1.54, 1.807) is 10.9 Å². The maximum atomic E-state index is 10.1. The third kappa shape index (κ3) is 2.43. The Morgan fingerprint density at radius 1 is 0.778 bits per heavy atom. The zero-order valence-corrected chi connectivity index (χ0v) is 8.21. The number of hydrogen-bond donors (Lipinski definition) is 2. The van der Waals surface area contributed by atoms with Gasteiger partial charge in [-0.1, -0.05) is 10.9 Å². The largest absolute Gasteiger partial charge is 0.305 e. The Morgan fingerprint density at radius 2 is 1.17 bits per heavy atom. The minimum atomic E-state index is -0.870. The number of nitrogens with one attached hydrogen (secondary N) is 2. The average molecular weight is 254 g/mol. The van der Waals surface area contributed by atoms with Crippen molar-refractivity contribution < 1.29 is 10.1 Å². The van der Waals surface area contributed by atoms with Gasteiger partial charge in [-0.05, 0) is 0 Å². The monoisotopic (exact) mass is 254 g/mol. The molecule has 0 amide bonds. The predicted octanol–water partition coefficient (Wildman–Crippen LogP) is -0.681. The van der Waals surface area contributed by atoms with Gasteiger partial charge in [0.15, 0.2) is 10.1 Å². The van der Waals surface area contributed by atoms with Gasteiger partial charge >= 0.3 is 11.9 Å². The summed E-state index contributed by atoms with van der Waals surface area (Å²) >= 11 is 0. The maximum absolute atomic E-state index is 10.1. The molecule has 2 N–H and O–H groups in total. The Bertz CT molecular complexity index is 518. The van der Waals surface area contributed by atoms with Crippen molar-refractivity contribution in [1.29, 1.82) is 0 Å². The van der Waals surface area contributed by atoms with E-state index in [0.717, 1.165) is 0 Å². The van der Waals surface area contributed by atoms with Crippen LogP contribution < -0.4 is 10.9 Å². The molecule has 0 fully saturated rings. The molecule has 0 aromatic heterocycles. The lowest BCUT2D eigenvalue weighted by atomic mass is 10.7. The summed E-state index contributed by atoms with van der Waals surface area (Å²) in [7, 11) is 0. The number of hydrogen-bond acceptors (Lipinski definition) is 10. The van der Waals surface area contributed by atoms with Crippen LogP contribution in [0.4, 0.5) is 0 Å². The number of nitrogens with zero attached hydrogens (tertiary/aromatic N) is 8. The topological polar surface area (TPSA) is 185 Å². The van der Waals surface area contributed by atoms with Crippen molar-refractivity contribution in [2.75, 3.05) is 0 Å². The normalized spacial score (nSPS) is 20.7. The standard InChI is InChI=1S/C4H2N10O4/c15-13(16)11-3-5-1(7-9-3)2-6-4(10-8-2)12-14(17)18/h(H,5,11)(H,6,12). The fourth-order valence-corrected chi connectivity index (χ4v) is 0.927. The summed E-state index contributed by atoms with van der Waals surface area (Å²) in [6.07, 6.45) is 0. The van der Waals surface area contributed by atoms with Crippen molar-refractivity contribution in [1.82, 2.24) is 10.9 Å². The molecule has 0 atom stereocenters. The lowest BCUT2D eigenvalue weighted by Crippen LogP contribution is -2.26. The molecule has 0 aliphatic carbocycles. The van der Waals surface area contributed by atoms with Crippen LogP contribution in [0.15, 0.2) is 42.1 Å². The minimum Gasteiger partial charge on any atom is -0.234 e. The number of nitro groups is 2. The van der Waals surface area contributed by atoms with E-state index in [-0.39, 0.29) is 23.6 Å². The molecule has 18 heavy (non-hydrogen) atoms. The molecule has 0 saturated carbocycles. The molecule has 0 aromatic rings. The van der Waals surface area contributed by atoms with Gasteiger partial charge in [0.2, 0.25) is 11.6 Å². The Kier molecular flexibility index (Phi) is 2.65. The summed E-state index contributed by atoms with van der Waals surface area (Å²) in [5.74, 6) is -1.02. The highest BCUT2D eigenvalue weighted by molar-refractivity contribution is 5.83. The van der Waals surface area contributed by atoms with Crippen molar-refractivity contribution in [3.05, 3.63) is 31.9 Å². The molecule has 14 nitrogen and oxygen atoms in total. The van der Waals surface area contributed by atoms with Gasteiger partial charge in [0.1, 0.15) is 0 Å². The summed E-state index contributed by atoms with van der Waals surface area (Å²) in [6.45, 7) is 0. The molecular weight excluding hydrogens is 252 g/mol. The first-order valence-electron chi connectivity index (χ1n) is 4.12. The van der Waals surface area contributed by atoms with E-state index in [1.165, 1.54) is 0 Å². The third-order valence-corrected chi connectivity index (χ3v) is 1.49. The molecule has 0 unspecified atom stereocenters. The fourth-order valence-electron chi connectivity index (χ4n) is 0.927. The van der Waals surface area contributed by atoms with Crippen LogP contribution in [0.3, 0.4) is 0 Å². The molecule has 0 spiro atoms. The lowest BCUT2D eigenvalue weighted by Gasteiger charge is -1.88. The van der Waals surface area contributed by atoms with Gasteiger partial charge in [-0.3, -0.25) is 0 Å². The molecule has 0 radical (unpaired) electrons. The summed E-state index contributed by atoms with van der Waals surface area (Å²) in [5, 5.41) is 32.0. The van der Waals surface area contributed by atoms with Gasteiger partial charge in [0, 0.05) is 0 Å². The highest BCUT2D eigenvalue weighted by Gasteiger charge is 2.20. The van der Waals surface area contributed by atoms with E-state index in [9.17, 15) is 20.2 Å². The van der Waals surface area contributed by atoms with Crippen LogP contribution >= 0.6 is 0 Å². The minimum absolute atomic E-state index is 0.150. The number of aliphatic imine (C=N–C) groups is 2. The molecule has 2 rings (SSSR count). The fraction of sp³-hybridized carbons (Fsp3) is 0. The maximum Gasteiger partial charge on any atom is 0.305 e. The van der Waals surface area contributed by atoms with Crippen LogP contribution in [0.1, 0.15) is 0 Å². The number of guanidine groups is 2. The van der Waals surface area contributed by atoms with Crippen LogP contribution in [-0.4, -0.2) is 22.0 Å². The highest BCUT2D eigenvalue weighted by Crippen LogP contribution is 2.19. The lowest BCUT2D eigenvalue weighted by molar-refractivity contribution is -0.525. The van der Waals surface area contributed by atoms with E-state index in [4.69, 9.17) is 0 Å². The smallest absolute Gasteiger partial charge is 0.234 e. The Labute approximate surface area is 96.2 Å². The summed E-state index contributed by atoms with van der Waals surface area (Å²) in [6, 6.07) is 0. The molecule has 92 valence electrons. The van der Waals surface area contributed by atoms with Crippen molar-refractivity contribution in [2.24, 2.45) is 30.4 Å². The van der Waals surface area contributed by atoms with Crippen molar-refractivity contribution in [3.63, 3.8) is 0 Å². The van der Waals surface area contributed by atoms with Crippen LogP contribution in [0, 0.1) is 20.2 Å². The van der Waals surface area contributed by atoms with Gasteiger partial charge in [-0.15, -0.1) is 20.5 Å². The predicted molar refractivity (Wildman–Crippen MR) is 51.9 cm³/mol. The third-order valence-electron chi connectivity index (χ3n) is 1.49. The molecule has 0 saturated heterocycles. The zero-order chi connectivity index (χ0) is 13.1. The Morgan fingerprint density at radius 3 is 1.50 bits per heavy atom. The van der Waals surface area contributed by atoms with Crippen LogP contribution in [0.25, 0.3) is 0 Å². The van der Waals surface area contributed by atoms with Crippen molar-refractivity contribution in [3.8, 4) is 0 Å². The SMILES string of the molecule is O=[N+]([O-])NC1=NC(=C2N=NC(N[N+](=O)[O-])=N2)N=N1. The first-order chi connectivity index (χ1) is 8.54. The number of azo groups is 2. The van der Waals surface area contributed by atoms with Gasteiger partial charge in [0.05, 0.1) is 0 Å². The number of hydrazine groups is 2. The van der Waals surface area contributed by atoms with Gasteiger partial charge < -0.3 is 0 Å². The quantitative estimate of drug-likeness (QED) is 0.485. The summed E-state index contributed by atoms with van der Waals surface area (Å²) < 4.78 is 0. The summed E-state index contributed by atoms with van der Waals surface area (Å²) in [4.78, 5) is 27.3. The summed E-state index contributed by atoms with van der Waals surface area (Å²) in [5.41, 5.74) is 3.34. The van der Waals surface area contributed by atoms with E-state index in [2.05, 4.69) is 30.4 Å². The van der Waals surface area contributed by atoms with Gasteiger partial charge in [0.25, 0.3) is 0 Å². The van der Waals surface area contributed by atoms with Crippen LogP contribution in [-0.2, 0) is 0 Å². The molecule has 0 aromatic carbocycles. The molecule has 2 aliphatic heterocycles. The van der Waals surface area contributed by atoms with E-state index < -0.39 is 10.1 Å². The van der Waals surface area contributed by atoms with Gasteiger partial charge in [-0.2, -0.15) is 9.98 Å². The van der Waals surface area contributed by atoms with E-state index >= 15 is 0 Å². The second-order valence-corrected chi connectivity index (χ2v) is 2.66. The molecule has 2 heterocycles. The zero-order valence-electron chi connectivity index (χ0n) is 8.21. The molecular formula is C4H2N10O4. The van der Waals surface area contributed by atoms with Crippen molar-refractivity contribution >= 4 is 11.9 Å². The molecule has 0 bridgehead atoms. The Hall–Kier alpha value is -3.32. The second-order valence-electron chi connectivity index (χ2n) is 2.66. The molecule has 2 aliphatic rings. The van der Waals surface area contributed by atoms with E-state index in [1.807, 2.05) is 0 Å². The Balaban J connectivity index is 2.16. The average Bonchev–Trinajstić information content (AvgIpc) is 2.85. The van der Waals surface area contributed by atoms with E-state index in [0.29, 0.717) is 0 Å². The number of rotatable bonds is 2. The first-order valence-corrected chi connectivity index (χ1v) is 4.12. The van der Waals surface area contributed by atoms with Crippen LogP contribution in [0.5, 0.6) is 0 Å². The van der Waals surface area contributed by atoms with Crippen molar-refractivity contribution in [2.45, 2.75) is 0 Å². The second kappa shape index (κ2) is 4.28.